The van der Waals surface area contributed by atoms with Crippen LogP contribution in [0.1, 0.15) is 55.9 Å². The van der Waals surface area contributed by atoms with Crippen LogP contribution in [-0.2, 0) is 11.2 Å². The lowest BCUT2D eigenvalue weighted by Gasteiger charge is -2.32. The highest BCUT2D eigenvalue weighted by atomic mass is 16.5. The van der Waals surface area contributed by atoms with Gasteiger partial charge in [0.2, 0.25) is 0 Å². The van der Waals surface area contributed by atoms with E-state index in [1.54, 1.807) is 0 Å². The molecule has 0 aromatic carbocycles. The van der Waals surface area contributed by atoms with E-state index in [9.17, 15) is 0 Å². The lowest BCUT2D eigenvalue weighted by molar-refractivity contribution is -0.0327. The third-order valence-electron chi connectivity index (χ3n) is 4.54. The smallest absolute Gasteiger partial charge is 0.158 e. The summed E-state index contributed by atoms with van der Waals surface area (Å²) >= 11 is 0. The monoisotopic (exact) mass is 290 g/mol. The number of nitrogens with one attached hydrogen (secondary N) is 1. The van der Waals surface area contributed by atoms with Crippen molar-refractivity contribution in [3.05, 3.63) is 23.3 Å². The minimum atomic E-state index is 0.0310. The van der Waals surface area contributed by atoms with Crippen LogP contribution in [0.15, 0.2) is 6.20 Å². The van der Waals surface area contributed by atoms with Gasteiger partial charge in [0.15, 0.2) is 5.82 Å². The van der Waals surface area contributed by atoms with Crippen LogP contribution in [-0.4, -0.2) is 47.7 Å². The fraction of sp³-hybridized carbons (Fsp3) is 0.750. The van der Waals surface area contributed by atoms with Gasteiger partial charge in [-0.1, -0.05) is 13.8 Å². The molecule has 2 unspecified atom stereocenters. The van der Waals surface area contributed by atoms with E-state index >= 15 is 0 Å². The van der Waals surface area contributed by atoms with Gasteiger partial charge in [-0.15, -0.1) is 0 Å². The summed E-state index contributed by atoms with van der Waals surface area (Å²) in [5.74, 6) is 0.865. The molecule has 0 bridgehead atoms. The van der Waals surface area contributed by atoms with Crippen LogP contribution in [0.3, 0.4) is 0 Å². The molecule has 5 heteroatoms. The zero-order valence-corrected chi connectivity index (χ0v) is 13.1. The minimum Gasteiger partial charge on any atom is -0.368 e. The molecule has 0 saturated carbocycles. The van der Waals surface area contributed by atoms with Gasteiger partial charge < -0.3 is 10.1 Å². The normalized spacial score (nSPS) is 26.6. The third-order valence-corrected chi connectivity index (χ3v) is 4.54. The average molecular weight is 290 g/mol. The third kappa shape index (κ3) is 3.25. The van der Waals surface area contributed by atoms with Gasteiger partial charge >= 0.3 is 0 Å². The van der Waals surface area contributed by atoms with Gasteiger partial charge in [-0.25, -0.2) is 9.97 Å². The number of likely N-dealkylation sites (N-methyl/N-ethyl adjacent to an activating group) is 1. The van der Waals surface area contributed by atoms with Crippen molar-refractivity contribution in [2.75, 3.05) is 32.8 Å². The standard InChI is InChI=1S/C16H26N4O/c1-3-17-13-6-5-7-14-12(13)10-18-16(19-14)15-11-20(4-2)8-9-21-15/h10,13,15,17H,3-9,11H2,1-2H3. The van der Waals surface area contributed by atoms with Crippen LogP contribution in [0.2, 0.25) is 0 Å². The number of aromatic nitrogens is 2. The summed E-state index contributed by atoms with van der Waals surface area (Å²) in [5.41, 5.74) is 2.50. The van der Waals surface area contributed by atoms with Crippen molar-refractivity contribution in [1.29, 1.82) is 0 Å². The van der Waals surface area contributed by atoms with Crippen LogP contribution in [0.25, 0.3) is 0 Å². The highest BCUT2D eigenvalue weighted by molar-refractivity contribution is 5.25. The van der Waals surface area contributed by atoms with E-state index in [2.05, 4.69) is 29.0 Å². The number of morpholine rings is 1. The van der Waals surface area contributed by atoms with Crippen LogP contribution < -0.4 is 5.32 Å². The number of hydrogen-bond acceptors (Lipinski definition) is 5. The Hall–Kier alpha value is -1.04. The Morgan fingerprint density at radius 3 is 3.14 bits per heavy atom. The Labute approximate surface area is 127 Å². The zero-order valence-electron chi connectivity index (χ0n) is 13.1. The first-order chi connectivity index (χ1) is 10.3. The van der Waals surface area contributed by atoms with Crippen molar-refractivity contribution >= 4 is 0 Å². The molecule has 5 nitrogen and oxygen atoms in total. The molecule has 2 heterocycles. The maximum atomic E-state index is 5.88. The average Bonchev–Trinajstić information content (AvgIpc) is 2.55. The number of fused-ring (bicyclic) bond motifs is 1. The highest BCUT2D eigenvalue weighted by Crippen LogP contribution is 2.29. The van der Waals surface area contributed by atoms with Crippen molar-refractivity contribution < 1.29 is 4.74 Å². The maximum absolute atomic E-state index is 5.88. The molecule has 2 atom stereocenters. The molecule has 1 fully saturated rings. The molecule has 21 heavy (non-hydrogen) atoms. The van der Waals surface area contributed by atoms with Gasteiger partial charge in [-0.2, -0.15) is 0 Å². The van der Waals surface area contributed by atoms with Crippen LogP contribution >= 0.6 is 0 Å². The Balaban J connectivity index is 1.79. The lowest BCUT2D eigenvalue weighted by atomic mass is 9.92. The molecule has 1 aliphatic heterocycles. The maximum Gasteiger partial charge on any atom is 0.158 e. The first kappa shape index (κ1) is 14.9. The van der Waals surface area contributed by atoms with Gasteiger partial charge in [0.25, 0.3) is 0 Å². The van der Waals surface area contributed by atoms with E-state index in [4.69, 9.17) is 9.72 Å². The van der Waals surface area contributed by atoms with Gasteiger partial charge in [0.05, 0.1) is 6.61 Å². The van der Waals surface area contributed by atoms with Crippen molar-refractivity contribution in [2.24, 2.45) is 0 Å². The van der Waals surface area contributed by atoms with E-state index in [0.717, 1.165) is 45.0 Å². The number of ether oxygens (including phenoxy) is 1. The second kappa shape index (κ2) is 6.81. The number of hydrogen-bond donors (Lipinski definition) is 1. The second-order valence-corrected chi connectivity index (χ2v) is 5.89. The van der Waals surface area contributed by atoms with E-state index in [1.807, 2.05) is 6.20 Å². The Morgan fingerprint density at radius 1 is 1.43 bits per heavy atom. The molecule has 116 valence electrons. The zero-order chi connectivity index (χ0) is 14.7. The second-order valence-electron chi connectivity index (χ2n) is 5.89. The molecular weight excluding hydrogens is 264 g/mol. The molecule has 3 rings (SSSR count). The molecule has 1 aliphatic carbocycles. The minimum absolute atomic E-state index is 0.0310. The Kier molecular flexibility index (Phi) is 4.83. The predicted octanol–water partition coefficient (Wildman–Crippen LogP) is 1.86. The molecule has 1 aromatic heterocycles. The molecule has 2 aliphatic rings. The summed E-state index contributed by atoms with van der Waals surface area (Å²) in [5, 5.41) is 3.54. The van der Waals surface area contributed by atoms with E-state index in [-0.39, 0.29) is 6.10 Å². The SMILES string of the molecule is CCNC1CCCc2nc(C3CN(CC)CCO3)ncc21. The molecular formula is C16H26N4O. The Morgan fingerprint density at radius 2 is 2.33 bits per heavy atom. The summed E-state index contributed by atoms with van der Waals surface area (Å²) in [7, 11) is 0. The predicted molar refractivity (Wildman–Crippen MR) is 82.2 cm³/mol. The summed E-state index contributed by atoms with van der Waals surface area (Å²) in [6.07, 6.45) is 5.51. The number of rotatable bonds is 4. The topological polar surface area (TPSA) is 50.3 Å². The highest BCUT2D eigenvalue weighted by Gasteiger charge is 2.26. The molecule has 0 radical (unpaired) electrons. The van der Waals surface area contributed by atoms with Crippen LogP contribution in [0.4, 0.5) is 0 Å². The fourth-order valence-corrected chi connectivity index (χ4v) is 3.32. The van der Waals surface area contributed by atoms with Gasteiger partial charge in [-0.3, -0.25) is 4.90 Å². The van der Waals surface area contributed by atoms with Gasteiger partial charge in [-0.05, 0) is 32.4 Å². The summed E-state index contributed by atoms with van der Waals surface area (Å²) in [6, 6.07) is 0.423. The van der Waals surface area contributed by atoms with Gasteiger partial charge in [0, 0.05) is 36.6 Å². The number of nitrogens with zero attached hydrogens (tertiary/aromatic N) is 3. The van der Waals surface area contributed by atoms with E-state index in [1.165, 1.54) is 24.1 Å². The number of aryl methyl sites for hydroxylation is 1. The van der Waals surface area contributed by atoms with Crippen LogP contribution in [0.5, 0.6) is 0 Å². The van der Waals surface area contributed by atoms with Crippen LogP contribution in [0, 0.1) is 0 Å². The van der Waals surface area contributed by atoms with Crippen molar-refractivity contribution in [1.82, 2.24) is 20.2 Å². The van der Waals surface area contributed by atoms with E-state index in [0.29, 0.717) is 6.04 Å². The molecule has 0 amide bonds. The molecule has 0 spiro atoms. The van der Waals surface area contributed by atoms with Crippen molar-refractivity contribution in [3.63, 3.8) is 0 Å². The summed E-state index contributed by atoms with van der Waals surface area (Å²) in [6.45, 7) is 9.09. The Bertz CT molecular complexity index is 479. The summed E-state index contributed by atoms with van der Waals surface area (Å²) < 4.78 is 5.88. The van der Waals surface area contributed by atoms with Crippen molar-refractivity contribution in [2.45, 2.75) is 45.3 Å². The molecule has 1 saturated heterocycles. The van der Waals surface area contributed by atoms with Crippen molar-refractivity contribution in [3.8, 4) is 0 Å². The lowest BCUT2D eigenvalue weighted by Crippen LogP contribution is -2.38. The van der Waals surface area contributed by atoms with E-state index < -0.39 is 0 Å². The van der Waals surface area contributed by atoms with Gasteiger partial charge in [0.1, 0.15) is 6.10 Å². The molecule has 1 N–H and O–H groups in total. The fourth-order valence-electron chi connectivity index (χ4n) is 3.32. The molecule has 1 aromatic rings. The quantitative estimate of drug-likeness (QED) is 0.917. The first-order valence-electron chi connectivity index (χ1n) is 8.24. The summed E-state index contributed by atoms with van der Waals surface area (Å²) in [4.78, 5) is 11.9. The first-order valence-corrected chi connectivity index (χ1v) is 8.24. The largest absolute Gasteiger partial charge is 0.368 e.